The van der Waals surface area contributed by atoms with Crippen LogP contribution in [0.1, 0.15) is 68.6 Å². The number of amides is 2. The minimum atomic E-state index is -5.01. The van der Waals surface area contributed by atoms with E-state index in [0.717, 1.165) is 38.3 Å². The van der Waals surface area contributed by atoms with Gasteiger partial charge in [-0.15, -0.1) is 0 Å². The number of nitrogens with zero attached hydrogens (tertiary/aromatic N) is 1. The summed E-state index contributed by atoms with van der Waals surface area (Å²) in [5.41, 5.74) is 2.59. The summed E-state index contributed by atoms with van der Waals surface area (Å²) in [5, 5.41) is 5.79. The summed E-state index contributed by atoms with van der Waals surface area (Å²) in [4.78, 5) is 28.3. The topological polar surface area (TPSA) is 87.5 Å². The van der Waals surface area contributed by atoms with Crippen LogP contribution in [0, 0.1) is 5.92 Å². The second kappa shape index (κ2) is 13.8. The SMILES string of the molecule is C=C(/C=C(\C=C/N)c1cc(C(F)(F)F)cc(C(F)(F)F)c1)C1CCCN1C(=O)C(NC(=O)C(C)NC)C1CCCCC1. The van der Waals surface area contributed by atoms with Gasteiger partial charge in [0.25, 0.3) is 0 Å². The number of likely N-dealkylation sites (tertiary alicyclic amines) is 1. The molecule has 1 aliphatic heterocycles. The Morgan fingerprint density at radius 1 is 1.00 bits per heavy atom. The van der Waals surface area contributed by atoms with E-state index in [9.17, 15) is 35.9 Å². The van der Waals surface area contributed by atoms with Crippen molar-refractivity contribution in [3.05, 3.63) is 65.4 Å². The Hall–Kier alpha value is -3.28. The molecule has 232 valence electrons. The first kappa shape index (κ1) is 33.2. The molecule has 2 fully saturated rings. The van der Waals surface area contributed by atoms with Crippen LogP contribution in [0.15, 0.2) is 48.7 Å². The average molecular weight is 601 g/mol. The molecule has 1 aromatic carbocycles. The lowest BCUT2D eigenvalue weighted by molar-refractivity contribution is -0.143. The molecule has 2 amide bonds. The summed E-state index contributed by atoms with van der Waals surface area (Å²) in [6.07, 6.45) is -0.826. The molecule has 3 unspecified atom stereocenters. The number of allylic oxidation sites excluding steroid dienone is 2. The Kier molecular flexibility index (Phi) is 10.9. The standard InChI is InChI=1S/C30H38F6N4O2/c1-18(14-21(11-12-37)22-15-23(29(31,32)33)17-24(16-22)30(34,35)36)25-10-7-13-40(25)28(42)26(20-8-5-4-6-9-20)39-27(41)19(2)38-3/h11-12,14-17,19-20,25-26,38H,1,4-10,13,37H2,2-3H3,(H,39,41)/b12-11-,21-14+. The summed E-state index contributed by atoms with van der Waals surface area (Å²) < 4.78 is 81.0. The van der Waals surface area contributed by atoms with E-state index in [-0.39, 0.29) is 34.9 Å². The molecule has 0 bridgehead atoms. The predicted octanol–water partition coefficient (Wildman–Crippen LogP) is 5.80. The largest absolute Gasteiger partial charge is 0.416 e. The third kappa shape index (κ3) is 8.17. The third-order valence-electron chi connectivity index (χ3n) is 8.01. The van der Waals surface area contributed by atoms with E-state index in [0.29, 0.717) is 37.1 Å². The molecule has 1 aromatic rings. The third-order valence-corrected chi connectivity index (χ3v) is 8.01. The van der Waals surface area contributed by atoms with Crippen LogP contribution in [-0.2, 0) is 21.9 Å². The lowest BCUT2D eigenvalue weighted by Crippen LogP contribution is -2.56. The Morgan fingerprint density at radius 2 is 1.60 bits per heavy atom. The van der Waals surface area contributed by atoms with E-state index < -0.39 is 41.6 Å². The fraction of sp³-hybridized carbons (Fsp3) is 0.533. The number of alkyl halides is 6. The van der Waals surface area contributed by atoms with Gasteiger partial charge in [-0.05, 0) is 98.8 Å². The second-order valence-electron chi connectivity index (χ2n) is 10.9. The zero-order valence-electron chi connectivity index (χ0n) is 23.7. The average Bonchev–Trinajstić information content (AvgIpc) is 3.44. The lowest BCUT2D eigenvalue weighted by atomic mass is 9.83. The molecule has 6 nitrogen and oxygen atoms in total. The minimum Gasteiger partial charge on any atom is -0.405 e. The van der Waals surface area contributed by atoms with Crippen molar-refractivity contribution in [3.8, 4) is 0 Å². The Morgan fingerprint density at radius 3 is 2.12 bits per heavy atom. The van der Waals surface area contributed by atoms with Crippen molar-refractivity contribution in [2.45, 2.75) is 82.3 Å². The van der Waals surface area contributed by atoms with Gasteiger partial charge in [0.15, 0.2) is 0 Å². The number of carbonyl (C=O) groups excluding carboxylic acids is 2. The van der Waals surface area contributed by atoms with E-state index in [1.807, 2.05) is 0 Å². The van der Waals surface area contributed by atoms with Gasteiger partial charge in [-0.3, -0.25) is 9.59 Å². The van der Waals surface area contributed by atoms with E-state index in [2.05, 4.69) is 17.2 Å². The summed E-state index contributed by atoms with van der Waals surface area (Å²) >= 11 is 0. The van der Waals surface area contributed by atoms with Gasteiger partial charge in [-0.2, -0.15) is 26.3 Å². The summed E-state index contributed by atoms with van der Waals surface area (Å²) in [5.74, 6) is -0.632. The normalized spacial score (nSPS) is 20.5. The van der Waals surface area contributed by atoms with E-state index in [1.54, 1.807) is 18.9 Å². The van der Waals surface area contributed by atoms with Crippen LogP contribution in [0.3, 0.4) is 0 Å². The lowest BCUT2D eigenvalue weighted by Gasteiger charge is -2.35. The molecule has 1 heterocycles. The van der Waals surface area contributed by atoms with Crippen LogP contribution in [-0.4, -0.2) is 48.4 Å². The number of rotatable bonds is 9. The van der Waals surface area contributed by atoms with Crippen molar-refractivity contribution in [1.82, 2.24) is 15.5 Å². The molecule has 4 N–H and O–H groups in total. The molecule has 0 aromatic heterocycles. The van der Waals surface area contributed by atoms with Crippen molar-refractivity contribution in [2.24, 2.45) is 11.7 Å². The Labute approximate surface area is 242 Å². The number of nitrogens with one attached hydrogen (secondary N) is 2. The van der Waals surface area contributed by atoms with Gasteiger partial charge in [-0.1, -0.05) is 25.8 Å². The second-order valence-corrected chi connectivity index (χ2v) is 10.9. The summed E-state index contributed by atoms with van der Waals surface area (Å²) in [6.45, 7) is 6.11. The van der Waals surface area contributed by atoms with E-state index in [1.165, 1.54) is 12.2 Å². The molecular weight excluding hydrogens is 562 g/mol. The van der Waals surface area contributed by atoms with Gasteiger partial charge in [0.1, 0.15) is 6.04 Å². The molecule has 0 radical (unpaired) electrons. The molecular formula is C30H38F6N4O2. The minimum absolute atomic E-state index is 0.0154. The van der Waals surface area contributed by atoms with Gasteiger partial charge in [0.05, 0.1) is 23.2 Å². The molecule has 3 rings (SSSR count). The number of hydrogen-bond donors (Lipinski definition) is 3. The van der Waals surface area contributed by atoms with Crippen LogP contribution < -0.4 is 16.4 Å². The molecule has 0 spiro atoms. The predicted molar refractivity (Wildman–Crippen MR) is 149 cm³/mol. The van der Waals surface area contributed by atoms with Gasteiger partial charge in [0, 0.05) is 6.54 Å². The van der Waals surface area contributed by atoms with Crippen molar-refractivity contribution < 1.29 is 35.9 Å². The maximum atomic E-state index is 13.9. The maximum absolute atomic E-state index is 13.9. The van der Waals surface area contributed by atoms with Gasteiger partial charge < -0.3 is 21.3 Å². The molecule has 1 saturated heterocycles. The van der Waals surface area contributed by atoms with Gasteiger partial charge in [0.2, 0.25) is 11.8 Å². The zero-order chi connectivity index (χ0) is 31.2. The van der Waals surface area contributed by atoms with Crippen molar-refractivity contribution in [3.63, 3.8) is 0 Å². The van der Waals surface area contributed by atoms with Crippen molar-refractivity contribution >= 4 is 17.4 Å². The highest BCUT2D eigenvalue weighted by Crippen LogP contribution is 2.38. The fourth-order valence-corrected chi connectivity index (χ4v) is 5.60. The highest BCUT2D eigenvalue weighted by atomic mass is 19.4. The molecule has 42 heavy (non-hydrogen) atoms. The number of carbonyl (C=O) groups is 2. The Balaban J connectivity index is 1.96. The number of nitrogens with two attached hydrogens (primary N) is 1. The molecule has 3 atom stereocenters. The van der Waals surface area contributed by atoms with Crippen molar-refractivity contribution in [2.75, 3.05) is 13.6 Å². The number of likely N-dealkylation sites (N-methyl/N-ethyl adjacent to an activating group) is 1. The summed E-state index contributed by atoms with van der Waals surface area (Å²) in [7, 11) is 1.64. The quantitative estimate of drug-likeness (QED) is 0.247. The maximum Gasteiger partial charge on any atom is 0.416 e. The van der Waals surface area contributed by atoms with Crippen LogP contribution in [0.2, 0.25) is 0 Å². The molecule has 2 aliphatic rings. The van der Waals surface area contributed by atoms with E-state index >= 15 is 0 Å². The summed E-state index contributed by atoms with van der Waals surface area (Å²) in [6, 6.07) is -0.513. The van der Waals surface area contributed by atoms with Crippen LogP contribution in [0.5, 0.6) is 0 Å². The number of hydrogen-bond acceptors (Lipinski definition) is 4. The smallest absolute Gasteiger partial charge is 0.405 e. The van der Waals surface area contributed by atoms with Crippen molar-refractivity contribution in [1.29, 1.82) is 0 Å². The van der Waals surface area contributed by atoms with Gasteiger partial charge >= 0.3 is 12.4 Å². The number of halogens is 6. The Bertz CT molecular complexity index is 1170. The zero-order valence-corrected chi connectivity index (χ0v) is 23.7. The van der Waals surface area contributed by atoms with Crippen LogP contribution in [0.25, 0.3) is 5.57 Å². The van der Waals surface area contributed by atoms with Crippen LogP contribution in [0.4, 0.5) is 26.3 Å². The molecule has 1 aliphatic carbocycles. The van der Waals surface area contributed by atoms with Gasteiger partial charge in [-0.25, -0.2) is 0 Å². The first-order valence-electron chi connectivity index (χ1n) is 14.0. The highest BCUT2D eigenvalue weighted by molar-refractivity contribution is 5.90. The first-order valence-corrected chi connectivity index (χ1v) is 14.0. The monoisotopic (exact) mass is 600 g/mol. The number of benzene rings is 1. The highest BCUT2D eigenvalue weighted by Gasteiger charge is 2.40. The molecule has 12 heteroatoms. The fourth-order valence-electron chi connectivity index (χ4n) is 5.60. The van der Waals surface area contributed by atoms with E-state index in [4.69, 9.17) is 5.73 Å². The van der Waals surface area contributed by atoms with Crippen LogP contribution >= 0.6 is 0 Å². The molecule has 1 saturated carbocycles. The first-order chi connectivity index (χ1) is 19.7.